The van der Waals surface area contributed by atoms with Gasteiger partial charge in [-0.3, -0.25) is 4.79 Å². The van der Waals surface area contributed by atoms with Crippen LogP contribution < -0.4 is 10.6 Å². The third-order valence-corrected chi connectivity index (χ3v) is 3.35. The summed E-state index contributed by atoms with van der Waals surface area (Å²) in [6, 6.07) is 3.80. The molecular formula is C10H15ClN2OS. The Labute approximate surface area is 98.8 Å². The van der Waals surface area contributed by atoms with E-state index < -0.39 is 0 Å². The highest BCUT2D eigenvalue weighted by Crippen LogP contribution is 2.26. The number of carbonyl (C=O) groups excluding carboxylic acids is 1. The van der Waals surface area contributed by atoms with E-state index >= 15 is 0 Å². The lowest BCUT2D eigenvalue weighted by Gasteiger charge is -2.12. The largest absolute Gasteiger partial charge is 0.348 e. The van der Waals surface area contributed by atoms with E-state index in [1.54, 1.807) is 0 Å². The smallest absolute Gasteiger partial charge is 0.234 e. The number of hydrogen-bond acceptors (Lipinski definition) is 3. The van der Waals surface area contributed by atoms with Crippen molar-refractivity contribution in [2.75, 3.05) is 13.1 Å². The van der Waals surface area contributed by atoms with Gasteiger partial charge in [-0.2, -0.15) is 0 Å². The van der Waals surface area contributed by atoms with E-state index in [1.807, 2.05) is 26.0 Å². The van der Waals surface area contributed by atoms with Gasteiger partial charge in [-0.15, -0.1) is 11.3 Å². The molecular weight excluding hydrogens is 232 g/mol. The summed E-state index contributed by atoms with van der Waals surface area (Å²) in [6.07, 6.45) is 0. The van der Waals surface area contributed by atoms with E-state index in [1.165, 1.54) is 11.3 Å². The Balaban J connectivity index is 2.41. The minimum Gasteiger partial charge on any atom is -0.348 e. The highest BCUT2D eigenvalue weighted by molar-refractivity contribution is 7.16. The number of nitrogens with one attached hydrogen (secondary N) is 2. The number of halogens is 1. The molecule has 0 saturated heterocycles. The van der Waals surface area contributed by atoms with E-state index in [-0.39, 0.29) is 11.9 Å². The highest BCUT2D eigenvalue weighted by Gasteiger charge is 2.10. The average Bonchev–Trinajstić information content (AvgIpc) is 2.61. The molecule has 1 amide bonds. The monoisotopic (exact) mass is 246 g/mol. The minimum atomic E-state index is 0.00822. The van der Waals surface area contributed by atoms with Gasteiger partial charge in [0.25, 0.3) is 0 Å². The first-order valence-electron chi connectivity index (χ1n) is 4.88. The van der Waals surface area contributed by atoms with Crippen LogP contribution in [0.1, 0.15) is 24.8 Å². The second kappa shape index (κ2) is 6.10. The first kappa shape index (κ1) is 12.5. The first-order chi connectivity index (χ1) is 7.13. The summed E-state index contributed by atoms with van der Waals surface area (Å²) < 4.78 is 0.748. The number of amides is 1. The molecule has 0 aliphatic rings. The summed E-state index contributed by atoms with van der Waals surface area (Å²) in [5, 5.41) is 5.87. The van der Waals surface area contributed by atoms with Gasteiger partial charge in [-0.05, 0) is 25.6 Å². The molecule has 1 heterocycles. The van der Waals surface area contributed by atoms with Gasteiger partial charge in [0.15, 0.2) is 0 Å². The maximum absolute atomic E-state index is 11.4. The first-order valence-corrected chi connectivity index (χ1v) is 6.08. The fourth-order valence-electron chi connectivity index (χ4n) is 1.16. The van der Waals surface area contributed by atoms with Crippen LogP contribution >= 0.6 is 22.9 Å². The van der Waals surface area contributed by atoms with Gasteiger partial charge >= 0.3 is 0 Å². The molecule has 5 heteroatoms. The quantitative estimate of drug-likeness (QED) is 0.836. The van der Waals surface area contributed by atoms with Crippen molar-refractivity contribution < 1.29 is 4.79 Å². The lowest BCUT2D eigenvalue weighted by Crippen LogP contribution is -2.35. The molecule has 84 valence electrons. The average molecular weight is 247 g/mol. The van der Waals surface area contributed by atoms with Crippen molar-refractivity contribution in [1.29, 1.82) is 0 Å². The molecule has 0 aromatic carbocycles. The van der Waals surface area contributed by atoms with Crippen LogP contribution in [0.4, 0.5) is 0 Å². The predicted molar refractivity (Wildman–Crippen MR) is 64.4 cm³/mol. The van der Waals surface area contributed by atoms with Crippen molar-refractivity contribution in [3.05, 3.63) is 21.3 Å². The summed E-state index contributed by atoms with van der Waals surface area (Å²) >= 11 is 7.31. The fourth-order valence-corrected chi connectivity index (χ4v) is 2.23. The maximum atomic E-state index is 11.4. The molecule has 0 bridgehead atoms. The number of carbonyl (C=O) groups is 1. The van der Waals surface area contributed by atoms with Crippen molar-refractivity contribution in [2.24, 2.45) is 0 Å². The van der Waals surface area contributed by atoms with Crippen LogP contribution in [0.25, 0.3) is 0 Å². The minimum absolute atomic E-state index is 0.00822. The lowest BCUT2D eigenvalue weighted by atomic mass is 10.3. The summed E-state index contributed by atoms with van der Waals surface area (Å²) in [4.78, 5) is 12.5. The Morgan fingerprint density at radius 1 is 1.60 bits per heavy atom. The van der Waals surface area contributed by atoms with Crippen LogP contribution in [0.2, 0.25) is 4.34 Å². The van der Waals surface area contributed by atoms with Gasteiger partial charge in [-0.1, -0.05) is 18.5 Å². The zero-order valence-corrected chi connectivity index (χ0v) is 10.4. The Morgan fingerprint density at radius 2 is 2.33 bits per heavy atom. The molecule has 15 heavy (non-hydrogen) atoms. The summed E-state index contributed by atoms with van der Waals surface area (Å²) in [7, 11) is 0. The van der Waals surface area contributed by atoms with Gasteiger partial charge < -0.3 is 10.6 Å². The molecule has 3 nitrogen and oxygen atoms in total. The fraction of sp³-hybridized carbons (Fsp3) is 0.500. The zero-order chi connectivity index (χ0) is 11.3. The third kappa shape index (κ3) is 4.20. The molecule has 2 N–H and O–H groups in total. The molecule has 0 spiro atoms. The molecule has 0 radical (unpaired) electrons. The third-order valence-electron chi connectivity index (χ3n) is 1.93. The number of thiophene rings is 1. The standard InChI is InChI=1S/C10H15ClN2OS/c1-3-12-6-10(14)13-7(2)8-4-5-9(11)15-8/h4-5,7,12H,3,6H2,1-2H3,(H,13,14). The van der Waals surface area contributed by atoms with Gasteiger partial charge in [0.1, 0.15) is 0 Å². The molecule has 0 fully saturated rings. The van der Waals surface area contributed by atoms with Crippen molar-refractivity contribution in [2.45, 2.75) is 19.9 Å². The number of likely N-dealkylation sites (N-methyl/N-ethyl adjacent to an activating group) is 1. The molecule has 0 saturated carbocycles. The zero-order valence-electron chi connectivity index (χ0n) is 8.84. The van der Waals surface area contributed by atoms with Crippen molar-refractivity contribution >= 4 is 28.8 Å². The van der Waals surface area contributed by atoms with Crippen LogP contribution in [-0.2, 0) is 4.79 Å². The summed E-state index contributed by atoms with van der Waals surface area (Å²) in [5.74, 6) is 0.00822. The summed E-state index contributed by atoms with van der Waals surface area (Å²) in [6.45, 7) is 5.08. The Morgan fingerprint density at radius 3 is 2.87 bits per heavy atom. The predicted octanol–water partition coefficient (Wildman–Crippen LogP) is 2.19. The normalized spacial score (nSPS) is 12.5. The van der Waals surface area contributed by atoms with Crippen LogP contribution in [0, 0.1) is 0 Å². The Hall–Kier alpha value is -0.580. The molecule has 1 atom stereocenters. The van der Waals surface area contributed by atoms with Crippen LogP contribution in [-0.4, -0.2) is 19.0 Å². The SMILES string of the molecule is CCNCC(=O)NC(C)c1ccc(Cl)s1. The molecule has 0 aliphatic carbocycles. The highest BCUT2D eigenvalue weighted by atomic mass is 35.5. The van der Waals surface area contributed by atoms with Crippen molar-refractivity contribution in [3.63, 3.8) is 0 Å². The Kier molecular flexibility index (Phi) is 5.08. The second-order valence-electron chi connectivity index (χ2n) is 3.21. The molecule has 0 aliphatic heterocycles. The summed E-state index contributed by atoms with van der Waals surface area (Å²) in [5.41, 5.74) is 0. The van der Waals surface area contributed by atoms with Crippen LogP contribution in [0.3, 0.4) is 0 Å². The second-order valence-corrected chi connectivity index (χ2v) is 4.96. The van der Waals surface area contributed by atoms with Crippen LogP contribution in [0.15, 0.2) is 12.1 Å². The number of hydrogen-bond donors (Lipinski definition) is 2. The van der Waals surface area contributed by atoms with Gasteiger partial charge in [0.2, 0.25) is 5.91 Å². The van der Waals surface area contributed by atoms with Gasteiger partial charge in [0.05, 0.1) is 16.9 Å². The van der Waals surface area contributed by atoms with E-state index in [0.717, 1.165) is 15.8 Å². The van der Waals surface area contributed by atoms with Gasteiger partial charge in [0, 0.05) is 4.88 Å². The van der Waals surface area contributed by atoms with E-state index in [9.17, 15) is 4.79 Å². The topological polar surface area (TPSA) is 41.1 Å². The molecule has 1 rings (SSSR count). The van der Waals surface area contributed by atoms with E-state index in [0.29, 0.717) is 6.54 Å². The van der Waals surface area contributed by atoms with E-state index in [2.05, 4.69) is 10.6 Å². The molecule has 1 unspecified atom stereocenters. The van der Waals surface area contributed by atoms with Gasteiger partial charge in [-0.25, -0.2) is 0 Å². The van der Waals surface area contributed by atoms with Crippen molar-refractivity contribution in [1.82, 2.24) is 10.6 Å². The van der Waals surface area contributed by atoms with E-state index in [4.69, 9.17) is 11.6 Å². The Bertz CT molecular complexity index is 327. The molecule has 1 aromatic rings. The maximum Gasteiger partial charge on any atom is 0.234 e. The number of rotatable bonds is 5. The molecule has 1 aromatic heterocycles. The van der Waals surface area contributed by atoms with Crippen LogP contribution in [0.5, 0.6) is 0 Å². The van der Waals surface area contributed by atoms with Crippen molar-refractivity contribution in [3.8, 4) is 0 Å². The lowest BCUT2D eigenvalue weighted by molar-refractivity contribution is -0.120.